The highest BCUT2D eigenvalue weighted by molar-refractivity contribution is 5.97. The molecule has 1 aliphatic heterocycles. The van der Waals surface area contributed by atoms with Crippen molar-refractivity contribution in [2.24, 2.45) is 0 Å². The van der Waals surface area contributed by atoms with Gasteiger partial charge in [-0.1, -0.05) is 0 Å². The summed E-state index contributed by atoms with van der Waals surface area (Å²) in [6, 6.07) is 4.84. The van der Waals surface area contributed by atoms with Gasteiger partial charge in [-0.05, 0) is 6.07 Å². The van der Waals surface area contributed by atoms with Crippen molar-refractivity contribution in [2.75, 3.05) is 5.32 Å². The number of alkyl halides is 3. The van der Waals surface area contributed by atoms with Crippen LogP contribution in [0.5, 0.6) is 23.0 Å². The summed E-state index contributed by atoms with van der Waals surface area (Å²) in [5.74, 6) is -3.01. The number of nitro groups is 2. The second-order valence-corrected chi connectivity index (χ2v) is 5.12. The summed E-state index contributed by atoms with van der Waals surface area (Å²) < 4.78 is 47.9. The molecule has 2 aromatic rings. The summed E-state index contributed by atoms with van der Waals surface area (Å²) in [5.41, 5.74) is -1.97. The molecule has 0 unspecified atom stereocenters. The van der Waals surface area contributed by atoms with Crippen LogP contribution in [0, 0.1) is 20.2 Å². The topological polar surface area (TPSA) is 134 Å². The minimum absolute atomic E-state index is 0.00458. The molecule has 3 rings (SSSR count). The second-order valence-electron chi connectivity index (χ2n) is 5.12. The first kappa shape index (κ1) is 17.9. The van der Waals surface area contributed by atoms with Crippen molar-refractivity contribution in [1.82, 2.24) is 0 Å². The Labute approximate surface area is 146 Å². The van der Waals surface area contributed by atoms with Gasteiger partial charge in [-0.25, -0.2) is 0 Å². The summed E-state index contributed by atoms with van der Waals surface area (Å²) in [6.45, 7) is 0. The van der Waals surface area contributed by atoms with E-state index in [1.54, 1.807) is 0 Å². The van der Waals surface area contributed by atoms with Gasteiger partial charge in [0.1, 0.15) is 5.69 Å². The van der Waals surface area contributed by atoms with Gasteiger partial charge in [-0.2, -0.15) is 13.2 Å². The van der Waals surface area contributed by atoms with Crippen molar-refractivity contribution in [3.63, 3.8) is 0 Å². The molecule has 0 radical (unpaired) electrons. The lowest BCUT2D eigenvalue weighted by Gasteiger charge is -2.21. The predicted octanol–water partition coefficient (Wildman–Crippen LogP) is 3.90. The number of hydrogen-bond acceptors (Lipinski definition) is 7. The van der Waals surface area contributed by atoms with Crippen molar-refractivity contribution in [3.8, 4) is 23.0 Å². The molecular formula is C14H6F3N3O7. The van der Waals surface area contributed by atoms with E-state index in [-0.39, 0.29) is 28.7 Å². The number of nitrogens with zero attached hydrogens (tertiary/aromatic N) is 2. The molecule has 1 amide bonds. The molecule has 140 valence electrons. The van der Waals surface area contributed by atoms with Crippen LogP contribution < -0.4 is 14.8 Å². The summed E-state index contributed by atoms with van der Waals surface area (Å²) in [6.07, 6.45) is -5.26. The zero-order valence-electron chi connectivity index (χ0n) is 12.8. The first-order valence-electron chi connectivity index (χ1n) is 6.91. The molecule has 1 heterocycles. The number of benzene rings is 2. The molecule has 1 aliphatic rings. The van der Waals surface area contributed by atoms with E-state index in [1.807, 2.05) is 0 Å². The maximum absolute atomic E-state index is 12.4. The smallest absolute Gasteiger partial charge is 0.449 e. The lowest BCUT2D eigenvalue weighted by molar-refractivity contribution is -0.384. The number of amides is 1. The molecule has 0 bridgehead atoms. The maximum Gasteiger partial charge on any atom is 0.471 e. The van der Waals surface area contributed by atoms with Crippen molar-refractivity contribution >= 4 is 23.0 Å². The van der Waals surface area contributed by atoms with Crippen LogP contribution in [-0.2, 0) is 4.79 Å². The van der Waals surface area contributed by atoms with Gasteiger partial charge in [-0.3, -0.25) is 25.0 Å². The predicted molar refractivity (Wildman–Crippen MR) is 81.0 cm³/mol. The van der Waals surface area contributed by atoms with Gasteiger partial charge in [0.2, 0.25) is 0 Å². The van der Waals surface area contributed by atoms with Crippen LogP contribution in [0.3, 0.4) is 0 Å². The summed E-state index contributed by atoms with van der Waals surface area (Å²) in [4.78, 5) is 31.3. The third kappa shape index (κ3) is 3.42. The van der Waals surface area contributed by atoms with E-state index < -0.39 is 33.3 Å². The van der Waals surface area contributed by atoms with E-state index in [2.05, 4.69) is 0 Å². The van der Waals surface area contributed by atoms with E-state index >= 15 is 0 Å². The molecule has 0 aromatic heterocycles. The number of carbonyl (C=O) groups is 1. The van der Waals surface area contributed by atoms with Crippen LogP contribution in [0.2, 0.25) is 0 Å². The minimum Gasteiger partial charge on any atom is -0.449 e. The summed E-state index contributed by atoms with van der Waals surface area (Å²) in [5, 5.41) is 23.3. The number of nitrogens with one attached hydrogen (secondary N) is 1. The molecule has 2 aromatic carbocycles. The highest BCUT2D eigenvalue weighted by atomic mass is 19.4. The molecular weight excluding hydrogens is 379 g/mol. The van der Waals surface area contributed by atoms with Crippen LogP contribution in [0.25, 0.3) is 0 Å². The third-order valence-electron chi connectivity index (χ3n) is 3.34. The number of ether oxygens (including phenoxy) is 2. The number of fused-ring (bicyclic) bond motifs is 2. The molecule has 0 saturated heterocycles. The van der Waals surface area contributed by atoms with E-state index in [9.17, 15) is 38.2 Å². The molecule has 0 aliphatic carbocycles. The highest BCUT2D eigenvalue weighted by Crippen LogP contribution is 2.49. The Bertz CT molecular complexity index is 991. The average molecular weight is 385 g/mol. The zero-order chi connectivity index (χ0) is 19.9. The van der Waals surface area contributed by atoms with Crippen LogP contribution in [0.1, 0.15) is 0 Å². The largest absolute Gasteiger partial charge is 0.471 e. The van der Waals surface area contributed by atoms with Gasteiger partial charge < -0.3 is 14.8 Å². The molecule has 10 nitrogen and oxygen atoms in total. The van der Waals surface area contributed by atoms with E-state index in [0.717, 1.165) is 24.3 Å². The molecule has 1 N–H and O–H groups in total. The van der Waals surface area contributed by atoms with Crippen molar-refractivity contribution in [3.05, 3.63) is 50.6 Å². The highest BCUT2D eigenvalue weighted by Gasteiger charge is 2.40. The fraction of sp³-hybridized carbons (Fsp3) is 0.0714. The first-order chi connectivity index (χ1) is 12.6. The number of halogens is 3. The van der Waals surface area contributed by atoms with E-state index in [0.29, 0.717) is 0 Å². The normalized spacial score (nSPS) is 12.1. The molecule has 27 heavy (non-hydrogen) atoms. The zero-order valence-corrected chi connectivity index (χ0v) is 12.8. The van der Waals surface area contributed by atoms with Crippen LogP contribution >= 0.6 is 0 Å². The van der Waals surface area contributed by atoms with Crippen LogP contribution in [0.4, 0.5) is 30.2 Å². The van der Waals surface area contributed by atoms with Crippen molar-refractivity contribution < 1.29 is 37.3 Å². The Morgan fingerprint density at radius 2 is 1.52 bits per heavy atom. The lowest BCUT2D eigenvalue weighted by Crippen LogP contribution is -2.30. The van der Waals surface area contributed by atoms with Crippen molar-refractivity contribution in [2.45, 2.75) is 6.18 Å². The number of anilines is 1. The van der Waals surface area contributed by atoms with Gasteiger partial charge in [0.25, 0.3) is 11.4 Å². The van der Waals surface area contributed by atoms with Crippen LogP contribution in [0.15, 0.2) is 30.3 Å². The third-order valence-corrected chi connectivity index (χ3v) is 3.34. The minimum atomic E-state index is -5.26. The fourth-order valence-electron chi connectivity index (χ4n) is 2.16. The molecule has 13 heteroatoms. The number of hydrogen-bond donors (Lipinski definition) is 1. The number of rotatable bonds is 3. The standard InChI is InChI=1S/C14H6F3N3O7/c15-14(16,17)13(21)18-7-4-11-12(5-8(7)20(24)25)27-10-3-6(19(22)23)1-2-9(10)26-11/h1-5H,(H,18,21). The summed E-state index contributed by atoms with van der Waals surface area (Å²) >= 11 is 0. The van der Waals surface area contributed by atoms with Gasteiger partial charge in [0.05, 0.1) is 22.0 Å². The van der Waals surface area contributed by atoms with Gasteiger partial charge in [-0.15, -0.1) is 0 Å². The van der Waals surface area contributed by atoms with Gasteiger partial charge in [0, 0.05) is 12.1 Å². The molecule has 0 saturated carbocycles. The fourth-order valence-corrected chi connectivity index (χ4v) is 2.16. The van der Waals surface area contributed by atoms with E-state index in [1.165, 1.54) is 11.4 Å². The molecule has 0 atom stereocenters. The number of nitro benzene ring substituents is 2. The Hall–Kier alpha value is -3.90. The monoisotopic (exact) mass is 385 g/mol. The van der Waals surface area contributed by atoms with E-state index in [4.69, 9.17) is 9.47 Å². The van der Waals surface area contributed by atoms with Crippen LogP contribution in [-0.4, -0.2) is 21.9 Å². The Morgan fingerprint density at radius 3 is 2.11 bits per heavy atom. The molecule has 0 spiro atoms. The molecule has 0 fully saturated rings. The van der Waals surface area contributed by atoms with Gasteiger partial charge >= 0.3 is 12.1 Å². The Morgan fingerprint density at radius 1 is 0.926 bits per heavy atom. The number of non-ortho nitro benzene ring substituents is 1. The quantitative estimate of drug-likeness (QED) is 0.534. The maximum atomic E-state index is 12.4. The van der Waals surface area contributed by atoms with Gasteiger partial charge in [0.15, 0.2) is 23.0 Å². The second kappa shape index (κ2) is 6.12. The lowest BCUT2D eigenvalue weighted by atomic mass is 10.2. The number of carbonyl (C=O) groups excluding carboxylic acids is 1. The van der Waals surface area contributed by atoms with Crippen molar-refractivity contribution in [1.29, 1.82) is 0 Å². The average Bonchev–Trinajstić information content (AvgIpc) is 2.57. The first-order valence-corrected chi connectivity index (χ1v) is 6.91. The SMILES string of the molecule is O=C(Nc1cc2c(cc1[N+](=O)[O-])Oc1cc([N+](=O)[O-])ccc1O2)C(F)(F)F. The Balaban J connectivity index is 2.02. The Kier molecular flexibility index (Phi) is 4.06. The summed E-state index contributed by atoms with van der Waals surface area (Å²) in [7, 11) is 0.